The van der Waals surface area contributed by atoms with Crippen LogP contribution in [0.15, 0.2) is 47.4 Å². The highest BCUT2D eigenvalue weighted by Crippen LogP contribution is 2.23. The van der Waals surface area contributed by atoms with Gasteiger partial charge >= 0.3 is 0 Å². The molecule has 3 rings (SSSR count). The zero-order valence-corrected chi connectivity index (χ0v) is 15.2. The molecule has 0 unspecified atom stereocenters. The number of amides is 1. The van der Waals surface area contributed by atoms with Crippen LogP contribution in [0.5, 0.6) is 0 Å². The maximum Gasteiger partial charge on any atom is 0.251 e. The van der Waals surface area contributed by atoms with Gasteiger partial charge in [0, 0.05) is 18.2 Å². The van der Waals surface area contributed by atoms with Crippen LogP contribution >= 0.6 is 0 Å². The van der Waals surface area contributed by atoms with Crippen LogP contribution in [-0.2, 0) is 16.6 Å². The molecule has 2 N–H and O–H groups in total. The minimum Gasteiger partial charge on any atom is -0.348 e. The highest BCUT2D eigenvalue weighted by molar-refractivity contribution is 7.89. The monoisotopic (exact) mass is 358 g/mol. The van der Waals surface area contributed by atoms with Gasteiger partial charge in [-0.15, -0.1) is 0 Å². The first kappa shape index (κ1) is 17.6. The Morgan fingerprint density at radius 3 is 2.48 bits per heavy atom. The van der Waals surface area contributed by atoms with Gasteiger partial charge in [0.2, 0.25) is 10.0 Å². The maximum absolute atomic E-state index is 12.5. The van der Waals surface area contributed by atoms with Gasteiger partial charge in [-0.1, -0.05) is 30.3 Å². The fourth-order valence-corrected chi connectivity index (χ4v) is 3.91. The van der Waals surface area contributed by atoms with E-state index in [9.17, 15) is 13.2 Å². The van der Waals surface area contributed by atoms with Crippen LogP contribution in [0, 0.1) is 13.8 Å². The average molecular weight is 358 g/mol. The van der Waals surface area contributed by atoms with E-state index in [4.69, 9.17) is 0 Å². The SMILES string of the molecule is Cc1ccccc1CNC(=O)c1cc(S(=O)(=O)NC2CC2)ccc1C. The Morgan fingerprint density at radius 1 is 1.08 bits per heavy atom. The highest BCUT2D eigenvalue weighted by atomic mass is 32.2. The largest absolute Gasteiger partial charge is 0.348 e. The summed E-state index contributed by atoms with van der Waals surface area (Å²) in [7, 11) is -3.57. The molecule has 1 saturated carbocycles. The molecule has 0 saturated heterocycles. The lowest BCUT2D eigenvalue weighted by atomic mass is 10.1. The fourth-order valence-electron chi connectivity index (χ4n) is 2.58. The van der Waals surface area contributed by atoms with Crippen LogP contribution in [0.1, 0.15) is 39.9 Å². The number of hydrogen-bond acceptors (Lipinski definition) is 3. The minimum absolute atomic E-state index is 0.0321. The standard InChI is InChI=1S/C19H22N2O3S/c1-13-5-3-4-6-15(13)12-20-19(22)18-11-17(10-7-14(18)2)25(23,24)21-16-8-9-16/h3-7,10-11,16,21H,8-9,12H2,1-2H3,(H,20,22). The predicted molar refractivity (Wildman–Crippen MR) is 96.9 cm³/mol. The lowest BCUT2D eigenvalue weighted by Crippen LogP contribution is -2.27. The average Bonchev–Trinajstić information content (AvgIpc) is 3.37. The normalized spacial score (nSPS) is 14.3. The van der Waals surface area contributed by atoms with Crippen LogP contribution in [-0.4, -0.2) is 20.4 Å². The quantitative estimate of drug-likeness (QED) is 0.834. The summed E-state index contributed by atoms with van der Waals surface area (Å²) in [5.41, 5.74) is 3.26. The fraction of sp³-hybridized carbons (Fsp3) is 0.316. The molecule has 1 aliphatic carbocycles. The van der Waals surface area contributed by atoms with Crippen molar-refractivity contribution in [3.05, 3.63) is 64.7 Å². The van der Waals surface area contributed by atoms with E-state index >= 15 is 0 Å². The van der Waals surface area contributed by atoms with Gasteiger partial charge in [-0.25, -0.2) is 13.1 Å². The van der Waals surface area contributed by atoms with Gasteiger partial charge in [0.05, 0.1) is 4.90 Å². The van der Waals surface area contributed by atoms with E-state index in [1.807, 2.05) is 31.2 Å². The second kappa shape index (κ2) is 6.98. The second-order valence-corrected chi connectivity index (χ2v) is 8.20. The van der Waals surface area contributed by atoms with Crippen molar-refractivity contribution in [2.24, 2.45) is 0 Å². The van der Waals surface area contributed by atoms with Gasteiger partial charge < -0.3 is 5.32 Å². The molecule has 0 aliphatic heterocycles. The number of aryl methyl sites for hydroxylation is 2. The second-order valence-electron chi connectivity index (χ2n) is 6.48. The molecule has 25 heavy (non-hydrogen) atoms. The van der Waals surface area contributed by atoms with Crippen molar-refractivity contribution in [1.82, 2.24) is 10.0 Å². The van der Waals surface area contributed by atoms with Crippen LogP contribution in [0.4, 0.5) is 0 Å². The molecule has 2 aromatic carbocycles. The molecule has 0 atom stereocenters. The Bertz CT molecular complexity index is 903. The van der Waals surface area contributed by atoms with Crippen molar-refractivity contribution in [3.8, 4) is 0 Å². The number of hydrogen-bond donors (Lipinski definition) is 2. The van der Waals surface area contributed by atoms with E-state index < -0.39 is 10.0 Å². The van der Waals surface area contributed by atoms with Crippen molar-refractivity contribution in [3.63, 3.8) is 0 Å². The van der Waals surface area contributed by atoms with Crippen LogP contribution in [0.2, 0.25) is 0 Å². The van der Waals surface area contributed by atoms with E-state index in [1.54, 1.807) is 13.0 Å². The summed E-state index contributed by atoms with van der Waals surface area (Å²) in [6, 6.07) is 12.5. The Kier molecular flexibility index (Phi) is 4.92. The number of nitrogens with one attached hydrogen (secondary N) is 2. The van der Waals surface area contributed by atoms with Gasteiger partial charge in [-0.05, 0) is 55.5 Å². The first-order chi connectivity index (χ1) is 11.9. The molecular weight excluding hydrogens is 336 g/mol. The van der Waals surface area contributed by atoms with Crippen molar-refractivity contribution in [1.29, 1.82) is 0 Å². The first-order valence-electron chi connectivity index (χ1n) is 8.32. The predicted octanol–water partition coefficient (Wildman–Crippen LogP) is 2.67. The molecule has 0 bridgehead atoms. The van der Waals surface area contributed by atoms with Crippen molar-refractivity contribution in [2.45, 2.75) is 44.2 Å². The Labute approximate surface area is 148 Å². The molecule has 2 aromatic rings. The third kappa shape index (κ3) is 4.27. The Morgan fingerprint density at radius 2 is 1.80 bits per heavy atom. The molecule has 5 nitrogen and oxygen atoms in total. The summed E-state index contributed by atoms with van der Waals surface area (Å²) in [6.45, 7) is 4.19. The molecule has 0 heterocycles. The number of sulfonamides is 1. The molecule has 132 valence electrons. The summed E-state index contributed by atoms with van der Waals surface area (Å²) < 4.78 is 27.3. The van der Waals surface area contributed by atoms with Gasteiger partial charge in [0.15, 0.2) is 0 Å². The van der Waals surface area contributed by atoms with Crippen LogP contribution in [0.3, 0.4) is 0 Å². The summed E-state index contributed by atoms with van der Waals surface area (Å²) >= 11 is 0. The van der Waals surface area contributed by atoms with Crippen LogP contribution in [0.25, 0.3) is 0 Å². The Hall–Kier alpha value is -2.18. The van der Waals surface area contributed by atoms with Gasteiger partial charge in [0.25, 0.3) is 5.91 Å². The lowest BCUT2D eigenvalue weighted by Gasteiger charge is -2.12. The van der Waals surface area contributed by atoms with E-state index in [-0.39, 0.29) is 16.8 Å². The molecular formula is C19H22N2O3S. The van der Waals surface area contributed by atoms with Gasteiger partial charge in [0.1, 0.15) is 0 Å². The summed E-state index contributed by atoms with van der Waals surface area (Å²) in [6.07, 6.45) is 1.74. The maximum atomic E-state index is 12.5. The highest BCUT2D eigenvalue weighted by Gasteiger charge is 2.28. The molecule has 1 fully saturated rings. The minimum atomic E-state index is -3.57. The van der Waals surface area contributed by atoms with E-state index in [2.05, 4.69) is 10.0 Å². The van der Waals surface area contributed by atoms with Crippen molar-refractivity contribution in [2.75, 3.05) is 0 Å². The molecule has 0 spiro atoms. The summed E-state index contributed by atoms with van der Waals surface area (Å²) in [5, 5.41) is 2.87. The molecule has 0 radical (unpaired) electrons. The van der Waals surface area contributed by atoms with Crippen molar-refractivity contribution >= 4 is 15.9 Å². The topological polar surface area (TPSA) is 75.3 Å². The smallest absolute Gasteiger partial charge is 0.251 e. The summed E-state index contributed by atoms with van der Waals surface area (Å²) in [5.74, 6) is -0.274. The number of carbonyl (C=O) groups excluding carboxylic acids is 1. The van der Waals surface area contributed by atoms with E-state index in [0.717, 1.165) is 29.5 Å². The third-order valence-corrected chi connectivity index (χ3v) is 5.88. The number of carbonyl (C=O) groups is 1. The van der Waals surface area contributed by atoms with Gasteiger partial charge in [-0.2, -0.15) is 0 Å². The zero-order chi connectivity index (χ0) is 18.0. The lowest BCUT2D eigenvalue weighted by molar-refractivity contribution is 0.0950. The molecule has 1 amide bonds. The first-order valence-corrected chi connectivity index (χ1v) is 9.81. The molecule has 0 aromatic heterocycles. The van der Waals surface area contributed by atoms with Crippen molar-refractivity contribution < 1.29 is 13.2 Å². The van der Waals surface area contributed by atoms with E-state index in [1.165, 1.54) is 12.1 Å². The zero-order valence-electron chi connectivity index (χ0n) is 14.4. The van der Waals surface area contributed by atoms with Crippen LogP contribution < -0.4 is 10.0 Å². The number of rotatable bonds is 6. The molecule has 6 heteroatoms. The number of benzene rings is 2. The Balaban J connectivity index is 1.77. The van der Waals surface area contributed by atoms with Gasteiger partial charge in [-0.3, -0.25) is 4.79 Å². The summed E-state index contributed by atoms with van der Waals surface area (Å²) in [4.78, 5) is 12.7. The third-order valence-electron chi connectivity index (χ3n) is 4.36. The molecule has 1 aliphatic rings. The van der Waals surface area contributed by atoms with E-state index in [0.29, 0.717) is 12.1 Å².